The molecule has 13 heavy (non-hydrogen) atoms. The van der Waals surface area contributed by atoms with Gasteiger partial charge >= 0.3 is 0 Å². The molecule has 0 fully saturated rings. The number of nitrogens with two attached hydrogens (primary N) is 1. The van der Waals surface area contributed by atoms with Crippen molar-refractivity contribution in [3.05, 3.63) is 0 Å². The molecule has 0 aliphatic rings. The van der Waals surface area contributed by atoms with Crippen molar-refractivity contribution in [2.75, 3.05) is 0 Å². The van der Waals surface area contributed by atoms with Crippen molar-refractivity contribution in [1.29, 1.82) is 0 Å². The molecule has 0 amide bonds. The van der Waals surface area contributed by atoms with Crippen LogP contribution in [0.5, 0.6) is 0 Å². The fraction of sp³-hybridized carbons (Fsp3) is 1.00. The van der Waals surface area contributed by atoms with Gasteiger partial charge in [0.1, 0.15) is 0 Å². The van der Waals surface area contributed by atoms with E-state index in [-0.39, 0.29) is 0 Å². The maximum absolute atomic E-state index is 6.00. The molecule has 0 aromatic heterocycles. The highest BCUT2D eigenvalue weighted by molar-refractivity contribution is 4.67. The maximum Gasteiger partial charge on any atom is 0.00412 e. The molecule has 80 valence electrons. The van der Waals surface area contributed by atoms with Gasteiger partial charge in [0.05, 0.1) is 0 Å². The first-order valence-corrected chi connectivity index (χ1v) is 5.85. The van der Waals surface area contributed by atoms with Crippen molar-refractivity contribution in [3.63, 3.8) is 0 Å². The minimum atomic E-state index is 0.434. The van der Waals surface area contributed by atoms with E-state index in [0.717, 1.165) is 11.8 Å². The SMILES string of the molecule is CCCC(N)CC(C)CC(C)CC. The minimum absolute atomic E-state index is 0.434. The Hall–Kier alpha value is -0.0400. The van der Waals surface area contributed by atoms with Gasteiger partial charge in [-0.05, 0) is 31.1 Å². The van der Waals surface area contributed by atoms with E-state index in [4.69, 9.17) is 5.73 Å². The van der Waals surface area contributed by atoms with Gasteiger partial charge in [-0.1, -0.05) is 40.5 Å². The van der Waals surface area contributed by atoms with Gasteiger partial charge in [-0.25, -0.2) is 0 Å². The molecule has 0 aliphatic heterocycles. The Kier molecular flexibility index (Phi) is 7.35. The van der Waals surface area contributed by atoms with Crippen LogP contribution in [-0.2, 0) is 0 Å². The summed E-state index contributed by atoms with van der Waals surface area (Å²) in [6.07, 6.45) is 6.25. The van der Waals surface area contributed by atoms with Crippen LogP contribution in [0.15, 0.2) is 0 Å². The molecular formula is C12H27N. The molecular weight excluding hydrogens is 158 g/mol. The first kappa shape index (κ1) is 13.0. The molecule has 0 spiro atoms. The van der Waals surface area contributed by atoms with E-state index in [0.29, 0.717) is 6.04 Å². The Bertz CT molecular complexity index is 112. The van der Waals surface area contributed by atoms with Crippen molar-refractivity contribution in [2.45, 2.75) is 65.8 Å². The van der Waals surface area contributed by atoms with Crippen molar-refractivity contribution in [2.24, 2.45) is 17.6 Å². The van der Waals surface area contributed by atoms with E-state index in [1.165, 1.54) is 32.1 Å². The van der Waals surface area contributed by atoms with Crippen LogP contribution < -0.4 is 5.73 Å². The highest BCUT2D eigenvalue weighted by Gasteiger charge is 2.10. The standard InChI is InChI=1S/C12H27N/c1-5-7-12(13)9-11(4)8-10(3)6-2/h10-12H,5-9,13H2,1-4H3. The quantitative estimate of drug-likeness (QED) is 0.644. The lowest BCUT2D eigenvalue weighted by atomic mass is 9.90. The maximum atomic E-state index is 6.00. The molecule has 2 N–H and O–H groups in total. The molecule has 0 heterocycles. The predicted octanol–water partition coefficient (Wildman–Crippen LogP) is 3.58. The first-order valence-electron chi connectivity index (χ1n) is 5.85. The molecule has 0 aromatic carbocycles. The van der Waals surface area contributed by atoms with Crippen LogP contribution in [0.25, 0.3) is 0 Å². The summed E-state index contributed by atoms with van der Waals surface area (Å²) in [4.78, 5) is 0. The summed E-state index contributed by atoms with van der Waals surface area (Å²) in [6, 6.07) is 0.434. The van der Waals surface area contributed by atoms with Gasteiger partial charge in [0.25, 0.3) is 0 Å². The Labute approximate surface area is 84.1 Å². The number of rotatable bonds is 7. The summed E-state index contributed by atoms with van der Waals surface area (Å²) in [5.41, 5.74) is 6.00. The van der Waals surface area contributed by atoms with Gasteiger partial charge < -0.3 is 5.73 Å². The zero-order valence-electron chi connectivity index (χ0n) is 9.84. The van der Waals surface area contributed by atoms with Gasteiger partial charge in [0.15, 0.2) is 0 Å². The molecule has 3 unspecified atom stereocenters. The van der Waals surface area contributed by atoms with Gasteiger partial charge in [0, 0.05) is 6.04 Å². The second-order valence-corrected chi connectivity index (χ2v) is 4.64. The summed E-state index contributed by atoms with van der Waals surface area (Å²) in [6.45, 7) is 9.14. The second kappa shape index (κ2) is 7.37. The molecule has 3 atom stereocenters. The van der Waals surface area contributed by atoms with Crippen molar-refractivity contribution in [1.82, 2.24) is 0 Å². The first-order chi connectivity index (χ1) is 6.10. The zero-order valence-corrected chi connectivity index (χ0v) is 9.84. The topological polar surface area (TPSA) is 26.0 Å². The van der Waals surface area contributed by atoms with Crippen LogP contribution in [0, 0.1) is 11.8 Å². The summed E-state index contributed by atoms with van der Waals surface area (Å²) in [7, 11) is 0. The molecule has 0 saturated carbocycles. The average Bonchev–Trinajstić information content (AvgIpc) is 2.04. The van der Waals surface area contributed by atoms with Crippen LogP contribution in [-0.4, -0.2) is 6.04 Å². The molecule has 0 radical (unpaired) electrons. The molecule has 1 heteroatoms. The van der Waals surface area contributed by atoms with E-state index in [1.807, 2.05) is 0 Å². The third kappa shape index (κ3) is 7.06. The van der Waals surface area contributed by atoms with Crippen molar-refractivity contribution >= 4 is 0 Å². The highest BCUT2D eigenvalue weighted by atomic mass is 14.6. The van der Waals surface area contributed by atoms with Gasteiger partial charge in [0.2, 0.25) is 0 Å². The molecule has 1 nitrogen and oxygen atoms in total. The zero-order chi connectivity index (χ0) is 10.3. The third-order valence-corrected chi connectivity index (χ3v) is 2.87. The van der Waals surface area contributed by atoms with Crippen LogP contribution in [0.4, 0.5) is 0 Å². The van der Waals surface area contributed by atoms with Crippen LogP contribution in [0.3, 0.4) is 0 Å². The average molecular weight is 185 g/mol. The van der Waals surface area contributed by atoms with E-state index in [9.17, 15) is 0 Å². The summed E-state index contributed by atoms with van der Waals surface area (Å²) >= 11 is 0. The monoisotopic (exact) mass is 185 g/mol. The molecule has 0 bridgehead atoms. The van der Waals surface area contributed by atoms with E-state index in [1.54, 1.807) is 0 Å². The van der Waals surface area contributed by atoms with E-state index >= 15 is 0 Å². The van der Waals surface area contributed by atoms with Crippen LogP contribution >= 0.6 is 0 Å². The Morgan fingerprint density at radius 1 is 1.00 bits per heavy atom. The summed E-state index contributed by atoms with van der Waals surface area (Å²) < 4.78 is 0. The Balaban J connectivity index is 3.54. The van der Waals surface area contributed by atoms with E-state index < -0.39 is 0 Å². The van der Waals surface area contributed by atoms with Crippen LogP contribution in [0.1, 0.15) is 59.8 Å². The molecule has 0 saturated heterocycles. The molecule has 0 aliphatic carbocycles. The van der Waals surface area contributed by atoms with Crippen molar-refractivity contribution in [3.8, 4) is 0 Å². The largest absolute Gasteiger partial charge is 0.328 e. The van der Waals surface area contributed by atoms with Gasteiger partial charge in [-0.2, -0.15) is 0 Å². The summed E-state index contributed by atoms with van der Waals surface area (Å²) in [5.74, 6) is 1.67. The summed E-state index contributed by atoms with van der Waals surface area (Å²) in [5, 5.41) is 0. The minimum Gasteiger partial charge on any atom is -0.328 e. The smallest absolute Gasteiger partial charge is 0.00412 e. The fourth-order valence-electron chi connectivity index (χ4n) is 1.96. The fourth-order valence-corrected chi connectivity index (χ4v) is 1.96. The predicted molar refractivity (Wildman–Crippen MR) is 60.7 cm³/mol. The highest BCUT2D eigenvalue weighted by Crippen LogP contribution is 2.19. The normalized spacial score (nSPS) is 18.2. The molecule has 0 aromatic rings. The lowest BCUT2D eigenvalue weighted by Gasteiger charge is -2.19. The number of hydrogen-bond donors (Lipinski definition) is 1. The van der Waals surface area contributed by atoms with E-state index in [2.05, 4.69) is 27.7 Å². The Morgan fingerprint density at radius 3 is 2.08 bits per heavy atom. The lowest BCUT2D eigenvalue weighted by molar-refractivity contribution is 0.356. The lowest BCUT2D eigenvalue weighted by Crippen LogP contribution is -2.23. The number of hydrogen-bond acceptors (Lipinski definition) is 1. The van der Waals surface area contributed by atoms with Crippen LogP contribution in [0.2, 0.25) is 0 Å². The molecule has 0 rings (SSSR count). The van der Waals surface area contributed by atoms with Gasteiger partial charge in [-0.3, -0.25) is 0 Å². The Morgan fingerprint density at radius 2 is 1.62 bits per heavy atom. The van der Waals surface area contributed by atoms with Crippen molar-refractivity contribution < 1.29 is 0 Å². The second-order valence-electron chi connectivity index (χ2n) is 4.64. The third-order valence-electron chi connectivity index (χ3n) is 2.87. The van der Waals surface area contributed by atoms with Gasteiger partial charge in [-0.15, -0.1) is 0 Å².